The van der Waals surface area contributed by atoms with Gasteiger partial charge in [-0.05, 0) is 25.0 Å². The van der Waals surface area contributed by atoms with Gasteiger partial charge in [-0.1, -0.05) is 60.7 Å². The van der Waals surface area contributed by atoms with Crippen LogP contribution in [-0.4, -0.2) is 30.7 Å². The molecule has 0 saturated carbocycles. The molecule has 26 heavy (non-hydrogen) atoms. The third-order valence-electron chi connectivity index (χ3n) is 5.71. The molecule has 0 N–H and O–H groups in total. The van der Waals surface area contributed by atoms with Crippen LogP contribution < -0.4 is 18.6 Å². The molecule has 0 bridgehead atoms. The van der Waals surface area contributed by atoms with E-state index in [1.165, 1.54) is 30.6 Å². The van der Waals surface area contributed by atoms with Crippen molar-refractivity contribution in [2.45, 2.75) is 31.7 Å². The SMILES string of the molecule is CC[N+]1(C)CC(c2ccccc2)(c2ccccc2)CC1C.[O-][Cl+3]([O-])([O-])[O-]. The minimum Gasteiger partial charge on any atom is -0.323 e. The van der Waals surface area contributed by atoms with Gasteiger partial charge in [-0.2, -0.15) is 0 Å². The first-order chi connectivity index (χ1) is 12.1. The van der Waals surface area contributed by atoms with Crippen molar-refractivity contribution in [3.8, 4) is 0 Å². The molecule has 5 nitrogen and oxygen atoms in total. The molecule has 1 saturated heterocycles. The maximum atomic E-state index is 8.49. The number of likely N-dealkylation sites (tertiary alicyclic amines) is 1. The van der Waals surface area contributed by atoms with Crippen molar-refractivity contribution < 1.29 is 33.4 Å². The summed E-state index contributed by atoms with van der Waals surface area (Å²) >= 11 is 0. The molecule has 2 atom stereocenters. The van der Waals surface area contributed by atoms with E-state index in [1.807, 2.05) is 0 Å². The fourth-order valence-corrected chi connectivity index (χ4v) is 4.08. The summed E-state index contributed by atoms with van der Waals surface area (Å²) in [5.74, 6) is 0. The monoisotopic (exact) mass is 379 g/mol. The van der Waals surface area contributed by atoms with E-state index in [1.54, 1.807) is 0 Å². The lowest BCUT2D eigenvalue weighted by Crippen LogP contribution is -2.68. The Labute approximate surface area is 157 Å². The summed E-state index contributed by atoms with van der Waals surface area (Å²) in [4.78, 5) is 0. The van der Waals surface area contributed by atoms with Crippen LogP contribution in [-0.2, 0) is 5.41 Å². The van der Waals surface area contributed by atoms with Gasteiger partial charge in [-0.15, -0.1) is 10.2 Å². The van der Waals surface area contributed by atoms with Crippen molar-refractivity contribution in [3.63, 3.8) is 0 Å². The Bertz CT molecular complexity index is 644. The summed E-state index contributed by atoms with van der Waals surface area (Å²) in [6.07, 6.45) is 1.23. The van der Waals surface area contributed by atoms with Crippen LogP contribution in [0.1, 0.15) is 31.4 Å². The highest BCUT2D eigenvalue weighted by molar-refractivity contribution is 5.40. The molecule has 0 aromatic heterocycles. The van der Waals surface area contributed by atoms with E-state index < -0.39 is 10.2 Å². The molecule has 6 heteroatoms. The Morgan fingerprint density at radius 2 is 1.31 bits per heavy atom. The molecule has 142 valence electrons. The lowest BCUT2D eigenvalue weighted by atomic mass is 9.73. The van der Waals surface area contributed by atoms with Gasteiger partial charge in [-0.3, -0.25) is 0 Å². The molecule has 2 aromatic rings. The van der Waals surface area contributed by atoms with Gasteiger partial charge in [0.25, 0.3) is 0 Å². The van der Waals surface area contributed by atoms with E-state index in [4.69, 9.17) is 18.6 Å². The van der Waals surface area contributed by atoms with E-state index in [0.29, 0.717) is 6.04 Å². The Hall–Kier alpha value is -1.47. The van der Waals surface area contributed by atoms with E-state index in [-0.39, 0.29) is 5.41 Å². The van der Waals surface area contributed by atoms with Crippen molar-refractivity contribution in [1.29, 1.82) is 0 Å². The quantitative estimate of drug-likeness (QED) is 0.670. The number of halogens is 1. The van der Waals surface area contributed by atoms with Crippen LogP contribution in [0.3, 0.4) is 0 Å². The molecular weight excluding hydrogens is 354 g/mol. The lowest BCUT2D eigenvalue weighted by molar-refractivity contribution is -2.00. The van der Waals surface area contributed by atoms with Crippen LogP contribution in [0.4, 0.5) is 0 Å². The highest BCUT2D eigenvalue weighted by atomic mass is 35.7. The van der Waals surface area contributed by atoms with Gasteiger partial charge < -0.3 is 4.48 Å². The fraction of sp³-hybridized carbons (Fsp3) is 0.400. The summed E-state index contributed by atoms with van der Waals surface area (Å²) in [5, 5.41) is 0. The first-order valence-corrected chi connectivity index (χ1v) is 9.91. The number of hydrogen-bond acceptors (Lipinski definition) is 4. The Balaban J connectivity index is 0.000000431. The van der Waals surface area contributed by atoms with Crippen LogP contribution in [0, 0.1) is 10.2 Å². The third-order valence-corrected chi connectivity index (χ3v) is 5.71. The highest BCUT2D eigenvalue weighted by Gasteiger charge is 2.52. The molecule has 0 radical (unpaired) electrons. The van der Waals surface area contributed by atoms with Crippen molar-refractivity contribution in [1.82, 2.24) is 0 Å². The number of quaternary nitrogens is 1. The van der Waals surface area contributed by atoms with Crippen LogP contribution >= 0.6 is 0 Å². The molecular formula is C20H26ClNO4. The average molecular weight is 380 g/mol. The van der Waals surface area contributed by atoms with Crippen molar-refractivity contribution in [2.24, 2.45) is 0 Å². The van der Waals surface area contributed by atoms with Gasteiger partial charge in [-0.25, -0.2) is 18.6 Å². The Kier molecular flexibility index (Phi) is 6.45. The van der Waals surface area contributed by atoms with Crippen LogP contribution in [0.15, 0.2) is 60.7 Å². The number of likely N-dealkylation sites (N-methyl/N-ethyl adjacent to an activating group) is 1. The highest BCUT2D eigenvalue weighted by Crippen LogP contribution is 2.46. The zero-order valence-electron chi connectivity index (χ0n) is 15.4. The minimum atomic E-state index is -4.94. The molecule has 1 aliphatic rings. The summed E-state index contributed by atoms with van der Waals surface area (Å²) in [5.41, 5.74) is 3.10. The topological polar surface area (TPSA) is 92.2 Å². The zero-order chi connectivity index (χ0) is 19.4. The van der Waals surface area contributed by atoms with Crippen molar-refractivity contribution >= 4 is 0 Å². The molecule has 0 spiro atoms. The molecule has 1 aliphatic heterocycles. The smallest absolute Gasteiger partial charge is 0.0928 e. The first kappa shape index (κ1) is 20.8. The van der Waals surface area contributed by atoms with Crippen LogP contribution in [0.5, 0.6) is 0 Å². The van der Waals surface area contributed by atoms with Gasteiger partial charge in [0.05, 0.1) is 31.6 Å². The largest absolute Gasteiger partial charge is 0.323 e. The predicted molar refractivity (Wildman–Crippen MR) is 89.3 cm³/mol. The van der Waals surface area contributed by atoms with E-state index >= 15 is 0 Å². The van der Waals surface area contributed by atoms with E-state index in [2.05, 4.69) is 81.6 Å². The van der Waals surface area contributed by atoms with Gasteiger partial charge >= 0.3 is 0 Å². The van der Waals surface area contributed by atoms with E-state index in [9.17, 15) is 0 Å². The van der Waals surface area contributed by atoms with Gasteiger partial charge in [0.2, 0.25) is 0 Å². The Morgan fingerprint density at radius 1 is 0.923 bits per heavy atom. The molecule has 1 heterocycles. The second-order valence-corrected chi connectivity index (χ2v) is 7.95. The normalized spacial score (nSPS) is 24.7. The molecule has 2 aromatic carbocycles. The van der Waals surface area contributed by atoms with Crippen LogP contribution in [0.25, 0.3) is 0 Å². The minimum absolute atomic E-state index is 0.159. The van der Waals surface area contributed by atoms with Crippen molar-refractivity contribution in [3.05, 3.63) is 71.8 Å². The fourth-order valence-electron chi connectivity index (χ4n) is 4.08. The van der Waals surface area contributed by atoms with Gasteiger partial charge in [0, 0.05) is 6.42 Å². The summed E-state index contributed by atoms with van der Waals surface area (Å²) in [6.45, 7) is 7.13. The summed E-state index contributed by atoms with van der Waals surface area (Å²) in [7, 11) is -2.53. The van der Waals surface area contributed by atoms with Crippen LogP contribution in [0.2, 0.25) is 0 Å². The molecule has 2 unspecified atom stereocenters. The number of benzene rings is 2. The Morgan fingerprint density at radius 3 is 1.62 bits per heavy atom. The van der Waals surface area contributed by atoms with Gasteiger partial charge in [0.1, 0.15) is 0 Å². The van der Waals surface area contributed by atoms with Gasteiger partial charge in [0.15, 0.2) is 0 Å². The molecule has 1 fully saturated rings. The lowest BCUT2D eigenvalue weighted by Gasteiger charge is -2.35. The third kappa shape index (κ3) is 4.82. The molecule has 0 aliphatic carbocycles. The van der Waals surface area contributed by atoms with E-state index in [0.717, 1.165) is 4.48 Å². The maximum Gasteiger partial charge on any atom is 0.0928 e. The second-order valence-electron chi connectivity index (χ2n) is 7.20. The number of nitrogens with zero attached hydrogens (tertiary/aromatic N) is 1. The average Bonchev–Trinajstić information content (AvgIpc) is 2.88. The maximum absolute atomic E-state index is 8.49. The predicted octanol–water partition coefficient (Wildman–Crippen LogP) is -0.525. The zero-order valence-corrected chi connectivity index (χ0v) is 16.2. The number of hydrogen-bond donors (Lipinski definition) is 0. The second kappa shape index (κ2) is 8.05. The van der Waals surface area contributed by atoms with Crippen molar-refractivity contribution in [2.75, 3.05) is 20.1 Å². The summed E-state index contributed by atoms with van der Waals surface area (Å²) < 4.78 is 35.1. The molecule has 0 amide bonds. The summed E-state index contributed by atoms with van der Waals surface area (Å²) in [6, 6.07) is 22.9. The first-order valence-electron chi connectivity index (χ1n) is 8.68. The standard InChI is InChI=1S/C20H26N.ClHO4/c1-4-21(3)16-20(15-17(21)2,18-11-7-5-8-12-18)19-13-9-6-10-14-19;2-1(3,4)5/h5-14,17H,4,15-16H2,1-3H3;(H,2,3,4,5)/q+1;/p-1. The number of rotatable bonds is 3. The molecule has 3 rings (SSSR count).